The number of rotatable bonds is 3. The van der Waals surface area contributed by atoms with Crippen LogP contribution in [0, 0.1) is 0 Å². The van der Waals surface area contributed by atoms with Crippen LogP contribution >= 0.6 is 12.4 Å². The molecule has 0 bridgehead atoms. The van der Waals surface area contributed by atoms with E-state index in [2.05, 4.69) is 5.32 Å². The summed E-state index contributed by atoms with van der Waals surface area (Å²) >= 11 is 0. The van der Waals surface area contributed by atoms with E-state index in [4.69, 9.17) is 5.73 Å². The summed E-state index contributed by atoms with van der Waals surface area (Å²) in [6.07, 6.45) is 1.24. The first-order chi connectivity index (χ1) is 4.45. The van der Waals surface area contributed by atoms with Crippen LogP contribution in [-0.4, -0.2) is 18.5 Å². The molecular formula is C7H17ClN2O. The van der Waals surface area contributed by atoms with E-state index >= 15 is 0 Å². The Labute approximate surface area is 74.1 Å². The highest BCUT2D eigenvalue weighted by atomic mass is 35.5. The van der Waals surface area contributed by atoms with Crippen LogP contribution in [0.2, 0.25) is 0 Å². The fraction of sp³-hybridized carbons (Fsp3) is 0.857. The molecule has 0 aromatic rings. The van der Waals surface area contributed by atoms with Crippen molar-refractivity contribution in [2.45, 2.75) is 32.2 Å². The molecule has 4 heteroatoms. The molecular weight excluding hydrogens is 164 g/mol. The smallest absolute Gasteiger partial charge is 0.219 e. The average molecular weight is 181 g/mol. The maximum Gasteiger partial charge on any atom is 0.219 e. The van der Waals surface area contributed by atoms with Crippen molar-refractivity contribution < 1.29 is 4.79 Å². The molecule has 0 aromatic carbocycles. The Bertz CT molecular complexity index is 120. The Kier molecular flexibility index (Phi) is 6.52. The van der Waals surface area contributed by atoms with Crippen LogP contribution in [-0.2, 0) is 4.79 Å². The molecule has 3 N–H and O–H groups in total. The van der Waals surface area contributed by atoms with Crippen molar-refractivity contribution in [3.05, 3.63) is 0 Å². The van der Waals surface area contributed by atoms with E-state index in [0.29, 0.717) is 6.42 Å². The molecule has 0 aliphatic rings. The van der Waals surface area contributed by atoms with E-state index < -0.39 is 0 Å². The second-order valence-electron chi connectivity index (χ2n) is 3.16. The van der Waals surface area contributed by atoms with Gasteiger partial charge in [0.05, 0.1) is 0 Å². The molecule has 1 amide bonds. The molecule has 0 rings (SSSR count). The van der Waals surface area contributed by atoms with Gasteiger partial charge in [-0.2, -0.15) is 0 Å². The third kappa shape index (κ3) is 9.72. The molecule has 0 aromatic heterocycles. The highest BCUT2D eigenvalue weighted by Gasteiger charge is 2.11. The Balaban J connectivity index is 0. The Morgan fingerprint density at radius 1 is 1.55 bits per heavy atom. The number of hydrogen-bond acceptors (Lipinski definition) is 2. The highest BCUT2D eigenvalue weighted by Crippen LogP contribution is 2.05. The van der Waals surface area contributed by atoms with Gasteiger partial charge in [-0.15, -0.1) is 12.4 Å². The van der Waals surface area contributed by atoms with E-state index in [9.17, 15) is 4.79 Å². The zero-order chi connectivity index (χ0) is 8.20. The first-order valence-electron chi connectivity index (χ1n) is 3.45. The van der Waals surface area contributed by atoms with Gasteiger partial charge in [-0.25, -0.2) is 0 Å². The highest BCUT2D eigenvalue weighted by molar-refractivity contribution is 5.85. The molecule has 0 heterocycles. The Morgan fingerprint density at radius 3 is 2.27 bits per heavy atom. The molecule has 0 aliphatic heterocycles. The summed E-state index contributed by atoms with van der Waals surface area (Å²) < 4.78 is 0. The summed E-state index contributed by atoms with van der Waals surface area (Å²) in [6.45, 7) is 3.83. The number of hydrogen-bond donors (Lipinski definition) is 2. The Morgan fingerprint density at radius 2 is 2.00 bits per heavy atom. The van der Waals surface area contributed by atoms with Crippen molar-refractivity contribution >= 4 is 18.3 Å². The van der Waals surface area contributed by atoms with Crippen molar-refractivity contribution in [2.75, 3.05) is 7.05 Å². The van der Waals surface area contributed by atoms with Crippen LogP contribution in [0.3, 0.4) is 0 Å². The second-order valence-corrected chi connectivity index (χ2v) is 3.16. The molecule has 0 saturated heterocycles. The molecule has 0 fully saturated rings. The Hall–Kier alpha value is -0.280. The van der Waals surface area contributed by atoms with Gasteiger partial charge in [0.1, 0.15) is 0 Å². The summed E-state index contributed by atoms with van der Waals surface area (Å²) in [7, 11) is 1.63. The fourth-order valence-electron chi connectivity index (χ4n) is 0.561. The molecule has 68 valence electrons. The van der Waals surface area contributed by atoms with Gasteiger partial charge in [-0.3, -0.25) is 4.79 Å². The molecule has 11 heavy (non-hydrogen) atoms. The normalized spacial score (nSPS) is 10.2. The summed E-state index contributed by atoms with van der Waals surface area (Å²) in [5.74, 6) is 0.0542. The van der Waals surface area contributed by atoms with Gasteiger partial charge in [-0.1, -0.05) is 0 Å². The second kappa shape index (κ2) is 5.38. The summed E-state index contributed by atoms with van der Waals surface area (Å²) in [4.78, 5) is 10.7. The quantitative estimate of drug-likeness (QED) is 0.671. The minimum Gasteiger partial charge on any atom is -0.359 e. The predicted molar refractivity (Wildman–Crippen MR) is 48.8 cm³/mol. The molecule has 0 aliphatic carbocycles. The summed E-state index contributed by atoms with van der Waals surface area (Å²) in [6, 6.07) is 0. The lowest BCUT2D eigenvalue weighted by atomic mass is 10.00. The number of carbonyl (C=O) groups excluding carboxylic acids is 1. The van der Waals surface area contributed by atoms with Crippen LogP contribution in [0.4, 0.5) is 0 Å². The number of carbonyl (C=O) groups is 1. The van der Waals surface area contributed by atoms with E-state index in [0.717, 1.165) is 6.42 Å². The van der Waals surface area contributed by atoms with Crippen LogP contribution in [0.5, 0.6) is 0 Å². The molecule has 0 atom stereocenters. The molecule has 0 spiro atoms. The lowest BCUT2D eigenvalue weighted by Gasteiger charge is -2.16. The maximum atomic E-state index is 10.7. The minimum atomic E-state index is -0.230. The van der Waals surface area contributed by atoms with Gasteiger partial charge in [0.25, 0.3) is 0 Å². The van der Waals surface area contributed by atoms with E-state index in [1.807, 2.05) is 13.8 Å². The van der Waals surface area contributed by atoms with Crippen LogP contribution in [0.25, 0.3) is 0 Å². The van der Waals surface area contributed by atoms with Crippen LogP contribution < -0.4 is 11.1 Å². The molecule has 0 unspecified atom stereocenters. The standard InChI is InChI=1S/C7H16N2O.ClH/c1-7(2,8)5-4-6(10)9-3;/h4-5,8H2,1-3H3,(H,9,10);1H. The van der Waals surface area contributed by atoms with Gasteiger partial charge >= 0.3 is 0 Å². The lowest BCUT2D eigenvalue weighted by molar-refractivity contribution is -0.120. The third-order valence-corrected chi connectivity index (χ3v) is 1.28. The third-order valence-electron chi connectivity index (χ3n) is 1.28. The first-order valence-corrected chi connectivity index (χ1v) is 3.45. The fourth-order valence-corrected chi connectivity index (χ4v) is 0.561. The van der Waals surface area contributed by atoms with Crippen LogP contribution in [0.15, 0.2) is 0 Å². The molecule has 3 nitrogen and oxygen atoms in total. The van der Waals surface area contributed by atoms with Crippen molar-refractivity contribution in [2.24, 2.45) is 5.73 Å². The van der Waals surface area contributed by atoms with Gasteiger partial charge < -0.3 is 11.1 Å². The molecule has 0 radical (unpaired) electrons. The van der Waals surface area contributed by atoms with Gasteiger partial charge in [0, 0.05) is 19.0 Å². The van der Waals surface area contributed by atoms with Crippen molar-refractivity contribution in [3.63, 3.8) is 0 Å². The zero-order valence-corrected chi connectivity index (χ0v) is 8.12. The largest absolute Gasteiger partial charge is 0.359 e. The van der Waals surface area contributed by atoms with Gasteiger partial charge in [0.15, 0.2) is 0 Å². The summed E-state index contributed by atoms with van der Waals surface area (Å²) in [5.41, 5.74) is 5.43. The first kappa shape index (κ1) is 13.3. The van der Waals surface area contributed by atoms with Crippen molar-refractivity contribution in [1.82, 2.24) is 5.32 Å². The number of nitrogens with one attached hydrogen (secondary N) is 1. The van der Waals surface area contributed by atoms with Crippen molar-refractivity contribution in [3.8, 4) is 0 Å². The van der Waals surface area contributed by atoms with Gasteiger partial charge in [0.2, 0.25) is 5.91 Å². The average Bonchev–Trinajstić information content (AvgIpc) is 1.81. The lowest BCUT2D eigenvalue weighted by Crippen LogP contribution is -2.33. The van der Waals surface area contributed by atoms with E-state index in [1.165, 1.54) is 0 Å². The van der Waals surface area contributed by atoms with Crippen molar-refractivity contribution in [1.29, 1.82) is 0 Å². The SMILES string of the molecule is CNC(=O)CCC(C)(C)N.Cl. The monoisotopic (exact) mass is 180 g/mol. The number of nitrogens with two attached hydrogens (primary N) is 1. The topological polar surface area (TPSA) is 55.1 Å². The van der Waals surface area contributed by atoms with E-state index in [-0.39, 0.29) is 23.9 Å². The zero-order valence-electron chi connectivity index (χ0n) is 7.31. The minimum absolute atomic E-state index is 0. The molecule has 0 saturated carbocycles. The number of amides is 1. The summed E-state index contributed by atoms with van der Waals surface area (Å²) in [5, 5.41) is 2.54. The maximum absolute atomic E-state index is 10.7. The van der Waals surface area contributed by atoms with E-state index in [1.54, 1.807) is 7.05 Å². The number of halogens is 1. The predicted octanol–water partition coefficient (Wildman–Crippen LogP) is 0.672. The van der Waals surface area contributed by atoms with Gasteiger partial charge in [-0.05, 0) is 20.3 Å². The van der Waals surface area contributed by atoms with Crippen LogP contribution in [0.1, 0.15) is 26.7 Å².